The third-order valence-corrected chi connectivity index (χ3v) is 2.74. The van der Waals surface area contributed by atoms with E-state index in [1.54, 1.807) is 0 Å². The van der Waals surface area contributed by atoms with E-state index >= 15 is 0 Å². The third-order valence-electron chi connectivity index (χ3n) is 2.74. The molecule has 2 aromatic carbocycles. The van der Waals surface area contributed by atoms with E-state index in [0.29, 0.717) is 0 Å². The fraction of sp³-hybridized carbons (Fsp3) is 0.125. The molecule has 0 unspecified atom stereocenters. The molecule has 0 aliphatic carbocycles. The van der Waals surface area contributed by atoms with Crippen LogP contribution in [0.2, 0.25) is 0 Å². The fourth-order valence-corrected chi connectivity index (χ4v) is 1.71. The van der Waals surface area contributed by atoms with Gasteiger partial charge in [0.15, 0.2) is 0 Å². The van der Waals surface area contributed by atoms with Gasteiger partial charge in [0.25, 0.3) is 0 Å². The molecule has 0 saturated carbocycles. The lowest BCUT2D eigenvalue weighted by Gasteiger charge is -2.03. The van der Waals surface area contributed by atoms with Gasteiger partial charge in [-0.1, -0.05) is 66.7 Å². The monoisotopic (exact) mass is 208 g/mol. The maximum Gasteiger partial charge on any atom is -0.00258 e. The zero-order valence-electron chi connectivity index (χ0n) is 9.61. The van der Waals surface area contributed by atoms with Gasteiger partial charge in [-0.2, -0.15) is 0 Å². The van der Waals surface area contributed by atoms with Crippen LogP contribution in [-0.2, 0) is 6.42 Å². The summed E-state index contributed by atoms with van der Waals surface area (Å²) in [5.41, 5.74) is 5.19. The van der Waals surface area contributed by atoms with Crippen molar-refractivity contribution >= 4 is 6.08 Å². The zero-order valence-corrected chi connectivity index (χ0v) is 9.61. The Labute approximate surface area is 97.3 Å². The minimum atomic E-state index is 0.998. The van der Waals surface area contributed by atoms with Crippen molar-refractivity contribution in [1.82, 2.24) is 0 Å². The van der Waals surface area contributed by atoms with Crippen LogP contribution in [0.4, 0.5) is 0 Å². The van der Waals surface area contributed by atoms with Gasteiger partial charge < -0.3 is 0 Å². The number of rotatable bonds is 3. The zero-order chi connectivity index (χ0) is 11.4. The summed E-state index contributed by atoms with van der Waals surface area (Å²) in [6.07, 6.45) is 2.87. The number of hydrogen-bond donors (Lipinski definition) is 0. The van der Waals surface area contributed by atoms with Gasteiger partial charge in [-0.25, -0.2) is 0 Å². The molecule has 80 valence electrons. The molecule has 0 spiro atoms. The Hall–Kier alpha value is -1.82. The van der Waals surface area contributed by atoms with Crippen LogP contribution < -0.4 is 0 Å². The van der Waals surface area contributed by atoms with Crippen molar-refractivity contribution in [1.29, 1.82) is 0 Å². The minimum Gasteiger partial charge on any atom is -0.0985 e. The highest BCUT2D eigenvalue weighted by Gasteiger charge is 1.96. The van der Waals surface area contributed by atoms with Crippen LogP contribution in [0, 0.1) is 6.92 Å². The quantitative estimate of drug-likeness (QED) is 0.708. The largest absolute Gasteiger partial charge is 0.0985 e. The van der Waals surface area contributed by atoms with Gasteiger partial charge in [0.1, 0.15) is 0 Å². The lowest BCUT2D eigenvalue weighted by atomic mass is 10.0. The van der Waals surface area contributed by atoms with E-state index in [9.17, 15) is 0 Å². The van der Waals surface area contributed by atoms with Crippen molar-refractivity contribution in [2.75, 3.05) is 0 Å². The van der Waals surface area contributed by atoms with Crippen molar-refractivity contribution in [2.24, 2.45) is 0 Å². The van der Waals surface area contributed by atoms with E-state index in [2.05, 4.69) is 62.0 Å². The smallest absolute Gasteiger partial charge is 0.00258 e. The highest BCUT2D eigenvalue weighted by Crippen LogP contribution is 2.12. The molecule has 2 rings (SSSR count). The van der Waals surface area contributed by atoms with Gasteiger partial charge in [0, 0.05) is 0 Å². The lowest BCUT2D eigenvalue weighted by molar-refractivity contribution is 1.19. The molecule has 0 radical (unpaired) electrons. The molecule has 0 aliphatic rings. The van der Waals surface area contributed by atoms with Crippen molar-refractivity contribution in [3.05, 3.63) is 77.4 Å². The van der Waals surface area contributed by atoms with E-state index in [-0.39, 0.29) is 0 Å². The molecule has 2 aromatic rings. The highest BCUT2D eigenvalue weighted by atomic mass is 14.0. The van der Waals surface area contributed by atoms with Crippen molar-refractivity contribution in [3.8, 4) is 0 Å². The van der Waals surface area contributed by atoms with E-state index in [0.717, 1.165) is 6.42 Å². The van der Waals surface area contributed by atoms with Crippen LogP contribution in [0.25, 0.3) is 6.08 Å². The summed E-state index contributed by atoms with van der Waals surface area (Å²) in [5, 5.41) is 0. The first kappa shape index (κ1) is 10.7. The van der Waals surface area contributed by atoms with Crippen LogP contribution in [-0.4, -0.2) is 0 Å². The van der Waals surface area contributed by atoms with Crippen LogP contribution in [0.3, 0.4) is 0 Å². The molecule has 0 aliphatic heterocycles. The Morgan fingerprint density at radius 1 is 0.875 bits per heavy atom. The number of hydrogen-bond acceptors (Lipinski definition) is 0. The number of aryl methyl sites for hydroxylation is 1. The molecule has 0 bridgehead atoms. The van der Waals surface area contributed by atoms with Crippen molar-refractivity contribution < 1.29 is 0 Å². The van der Waals surface area contributed by atoms with E-state index in [1.807, 2.05) is 6.08 Å². The van der Waals surface area contributed by atoms with Gasteiger partial charge in [0.05, 0.1) is 0 Å². The van der Waals surface area contributed by atoms with Gasteiger partial charge >= 0.3 is 0 Å². The van der Waals surface area contributed by atoms with Gasteiger partial charge in [-0.05, 0) is 30.0 Å². The summed E-state index contributed by atoms with van der Waals surface area (Å²) >= 11 is 0. The summed E-state index contributed by atoms with van der Waals surface area (Å²) in [6.45, 7) is 5.87. The second kappa shape index (κ2) is 4.80. The predicted molar refractivity (Wildman–Crippen MR) is 70.5 cm³/mol. The third kappa shape index (κ3) is 2.60. The first-order chi connectivity index (χ1) is 7.78. The summed E-state index contributed by atoms with van der Waals surface area (Å²) in [5.74, 6) is 0. The molecule has 0 nitrogen and oxygen atoms in total. The molecule has 0 heterocycles. The summed E-state index contributed by atoms with van der Waals surface area (Å²) in [4.78, 5) is 0. The Balaban J connectivity index is 2.14. The average Bonchev–Trinajstić information content (AvgIpc) is 2.33. The molecular weight excluding hydrogens is 192 g/mol. The van der Waals surface area contributed by atoms with Gasteiger partial charge in [0.2, 0.25) is 0 Å². The minimum absolute atomic E-state index is 0.998. The lowest BCUT2D eigenvalue weighted by Crippen LogP contribution is -1.88. The second-order valence-corrected chi connectivity index (χ2v) is 4.11. The van der Waals surface area contributed by atoms with E-state index < -0.39 is 0 Å². The van der Waals surface area contributed by atoms with Crippen LogP contribution >= 0.6 is 0 Å². The van der Waals surface area contributed by atoms with Crippen LogP contribution in [0.1, 0.15) is 22.3 Å². The van der Waals surface area contributed by atoms with E-state index in [4.69, 9.17) is 0 Å². The Bertz CT molecular complexity index is 460. The Kier molecular flexibility index (Phi) is 3.21. The SMILES string of the molecule is C=Cc1ccc(Cc2ccc(C)cc2)cc1. The molecule has 0 heteroatoms. The first-order valence-corrected chi connectivity index (χ1v) is 5.55. The summed E-state index contributed by atoms with van der Waals surface area (Å²) in [7, 11) is 0. The van der Waals surface area contributed by atoms with E-state index in [1.165, 1.54) is 22.3 Å². The number of benzene rings is 2. The first-order valence-electron chi connectivity index (χ1n) is 5.55. The van der Waals surface area contributed by atoms with Gasteiger partial charge in [-0.3, -0.25) is 0 Å². The molecule has 0 atom stereocenters. The normalized spacial score (nSPS) is 10.1. The topological polar surface area (TPSA) is 0 Å². The molecule has 16 heavy (non-hydrogen) atoms. The van der Waals surface area contributed by atoms with Gasteiger partial charge in [-0.15, -0.1) is 0 Å². The molecule has 0 N–H and O–H groups in total. The molecule has 0 saturated heterocycles. The maximum atomic E-state index is 3.75. The Morgan fingerprint density at radius 2 is 1.38 bits per heavy atom. The van der Waals surface area contributed by atoms with Crippen LogP contribution in [0.5, 0.6) is 0 Å². The molecule has 0 aromatic heterocycles. The highest BCUT2D eigenvalue weighted by molar-refractivity contribution is 5.47. The van der Waals surface area contributed by atoms with Crippen molar-refractivity contribution in [3.63, 3.8) is 0 Å². The predicted octanol–water partition coefficient (Wildman–Crippen LogP) is 4.23. The molecule has 0 amide bonds. The van der Waals surface area contributed by atoms with Crippen molar-refractivity contribution in [2.45, 2.75) is 13.3 Å². The second-order valence-electron chi connectivity index (χ2n) is 4.11. The summed E-state index contributed by atoms with van der Waals surface area (Å²) < 4.78 is 0. The fourth-order valence-electron chi connectivity index (χ4n) is 1.71. The molecular formula is C16H16. The van der Waals surface area contributed by atoms with Crippen LogP contribution in [0.15, 0.2) is 55.1 Å². The standard InChI is InChI=1S/C16H16/c1-3-14-8-10-16(11-9-14)12-15-6-4-13(2)5-7-15/h3-11H,1,12H2,2H3. The maximum absolute atomic E-state index is 3.75. The summed E-state index contributed by atoms with van der Waals surface area (Å²) in [6, 6.07) is 17.2. The average molecular weight is 208 g/mol. The molecule has 0 fully saturated rings. The Morgan fingerprint density at radius 3 is 1.88 bits per heavy atom.